The molecule has 0 atom stereocenters. The third-order valence-corrected chi connectivity index (χ3v) is 3.73. The van der Waals surface area contributed by atoms with E-state index in [1.54, 1.807) is 11.8 Å². The van der Waals surface area contributed by atoms with Crippen molar-refractivity contribution in [2.75, 3.05) is 30.6 Å². The molecule has 0 bridgehead atoms. The van der Waals surface area contributed by atoms with Gasteiger partial charge in [-0.1, -0.05) is 12.1 Å². The average molecular weight is 286 g/mol. The zero-order valence-electron chi connectivity index (χ0n) is 11.9. The van der Waals surface area contributed by atoms with Crippen molar-refractivity contribution in [1.29, 1.82) is 0 Å². The Labute approximate surface area is 124 Å². The van der Waals surface area contributed by atoms with Crippen molar-refractivity contribution in [3.63, 3.8) is 0 Å². The molecule has 20 heavy (non-hydrogen) atoms. The second-order valence-corrected chi connectivity index (χ2v) is 5.47. The van der Waals surface area contributed by atoms with Crippen LogP contribution in [0.15, 0.2) is 53.4 Å². The summed E-state index contributed by atoms with van der Waals surface area (Å²) in [4.78, 5) is 15.4. The molecule has 104 valence electrons. The molecule has 4 heteroatoms. The highest BCUT2D eigenvalue weighted by Crippen LogP contribution is 2.24. The van der Waals surface area contributed by atoms with Crippen LogP contribution in [-0.2, 0) is 0 Å². The molecule has 0 radical (unpaired) electrons. The Kier molecular flexibility index (Phi) is 4.69. The van der Waals surface area contributed by atoms with Crippen LogP contribution in [0.1, 0.15) is 10.4 Å². The highest BCUT2D eigenvalue weighted by molar-refractivity contribution is 7.98. The van der Waals surface area contributed by atoms with Gasteiger partial charge in [-0.2, -0.15) is 0 Å². The molecule has 2 aromatic carbocycles. The Morgan fingerprint density at radius 1 is 1.05 bits per heavy atom. The third-order valence-electron chi connectivity index (χ3n) is 2.99. The van der Waals surface area contributed by atoms with E-state index >= 15 is 0 Å². The van der Waals surface area contributed by atoms with Gasteiger partial charge in [0.05, 0.1) is 11.4 Å². The third kappa shape index (κ3) is 3.33. The SMILES string of the molecule is CSc1ccc(C(=O)Nc2ccccc2N(C)C)cc1. The van der Waals surface area contributed by atoms with E-state index in [1.807, 2.05) is 73.8 Å². The van der Waals surface area contributed by atoms with E-state index in [-0.39, 0.29) is 5.91 Å². The lowest BCUT2D eigenvalue weighted by Crippen LogP contribution is -2.16. The summed E-state index contributed by atoms with van der Waals surface area (Å²) in [6.07, 6.45) is 2.02. The standard InChI is InChI=1S/C16H18N2OS/c1-18(2)15-7-5-4-6-14(15)17-16(19)12-8-10-13(20-3)11-9-12/h4-11H,1-3H3,(H,17,19). The maximum Gasteiger partial charge on any atom is 0.255 e. The van der Waals surface area contributed by atoms with Crippen molar-refractivity contribution in [2.24, 2.45) is 0 Å². The second kappa shape index (κ2) is 6.48. The van der Waals surface area contributed by atoms with E-state index in [4.69, 9.17) is 0 Å². The number of nitrogens with zero attached hydrogens (tertiary/aromatic N) is 1. The number of anilines is 2. The van der Waals surface area contributed by atoms with Gasteiger partial charge in [-0.05, 0) is 42.7 Å². The largest absolute Gasteiger partial charge is 0.376 e. The molecule has 1 N–H and O–H groups in total. The summed E-state index contributed by atoms with van der Waals surface area (Å²) in [5.74, 6) is -0.0908. The molecule has 0 unspecified atom stereocenters. The smallest absolute Gasteiger partial charge is 0.255 e. The predicted octanol–water partition coefficient (Wildman–Crippen LogP) is 3.73. The van der Waals surface area contributed by atoms with Gasteiger partial charge in [0.25, 0.3) is 5.91 Å². The van der Waals surface area contributed by atoms with Crippen LogP contribution < -0.4 is 10.2 Å². The van der Waals surface area contributed by atoms with Gasteiger partial charge in [0.2, 0.25) is 0 Å². The highest BCUT2D eigenvalue weighted by atomic mass is 32.2. The summed E-state index contributed by atoms with van der Waals surface area (Å²) in [5.41, 5.74) is 2.47. The minimum Gasteiger partial charge on any atom is -0.376 e. The zero-order valence-corrected chi connectivity index (χ0v) is 12.7. The Hall–Kier alpha value is -1.94. The molecular formula is C16H18N2OS. The normalized spacial score (nSPS) is 10.2. The van der Waals surface area contributed by atoms with Gasteiger partial charge >= 0.3 is 0 Å². The minimum atomic E-state index is -0.0908. The van der Waals surface area contributed by atoms with Crippen LogP contribution in [0.3, 0.4) is 0 Å². The molecule has 0 spiro atoms. The molecular weight excluding hydrogens is 268 g/mol. The monoisotopic (exact) mass is 286 g/mol. The van der Waals surface area contributed by atoms with Crippen LogP contribution >= 0.6 is 11.8 Å². The Balaban J connectivity index is 2.19. The molecule has 0 aliphatic heterocycles. The average Bonchev–Trinajstić information content (AvgIpc) is 2.47. The van der Waals surface area contributed by atoms with Crippen LogP contribution in [0.5, 0.6) is 0 Å². The maximum absolute atomic E-state index is 12.3. The number of carbonyl (C=O) groups excluding carboxylic acids is 1. The number of hydrogen-bond acceptors (Lipinski definition) is 3. The fourth-order valence-corrected chi connectivity index (χ4v) is 2.31. The van der Waals surface area contributed by atoms with Crippen LogP contribution in [0, 0.1) is 0 Å². The topological polar surface area (TPSA) is 32.3 Å². The Morgan fingerprint density at radius 2 is 1.70 bits per heavy atom. The second-order valence-electron chi connectivity index (χ2n) is 4.59. The fraction of sp³-hybridized carbons (Fsp3) is 0.188. The van der Waals surface area contributed by atoms with Gasteiger partial charge in [0, 0.05) is 24.6 Å². The molecule has 0 aromatic heterocycles. The van der Waals surface area contributed by atoms with Crippen LogP contribution in [0.4, 0.5) is 11.4 Å². The fourth-order valence-electron chi connectivity index (χ4n) is 1.91. The number of amides is 1. The summed E-state index contributed by atoms with van der Waals surface area (Å²) in [5, 5.41) is 2.96. The van der Waals surface area contributed by atoms with E-state index in [1.165, 1.54) is 0 Å². The lowest BCUT2D eigenvalue weighted by Gasteiger charge is -2.17. The number of thioether (sulfide) groups is 1. The summed E-state index contributed by atoms with van der Waals surface area (Å²) in [6.45, 7) is 0. The van der Waals surface area contributed by atoms with E-state index in [2.05, 4.69) is 5.32 Å². The van der Waals surface area contributed by atoms with E-state index in [9.17, 15) is 4.79 Å². The first-order valence-electron chi connectivity index (χ1n) is 6.33. The van der Waals surface area contributed by atoms with Crippen molar-refractivity contribution < 1.29 is 4.79 Å². The van der Waals surface area contributed by atoms with Crippen molar-refractivity contribution in [3.05, 3.63) is 54.1 Å². The molecule has 2 aromatic rings. The molecule has 0 aliphatic carbocycles. The quantitative estimate of drug-likeness (QED) is 0.869. The first-order valence-corrected chi connectivity index (χ1v) is 7.56. The highest BCUT2D eigenvalue weighted by Gasteiger charge is 2.09. The summed E-state index contributed by atoms with van der Waals surface area (Å²) in [7, 11) is 3.91. The van der Waals surface area contributed by atoms with Crippen molar-refractivity contribution in [1.82, 2.24) is 0 Å². The number of nitrogens with one attached hydrogen (secondary N) is 1. The van der Waals surface area contributed by atoms with Crippen molar-refractivity contribution >= 4 is 29.0 Å². The van der Waals surface area contributed by atoms with Crippen molar-refractivity contribution in [3.8, 4) is 0 Å². The zero-order chi connectivity index (χ0) is 14.5. The maximum atomic E-state index is 12.3. The van der Waals surface area contributed by atoms with Crippen molar-refractivity contribution in [2.45, 2.75) is 4.90 Å². The molecule has 3 nitrogen and oxygen atoms in total. The lowest BCUT2D eigenvalue weighted by atomic mass is 10.2. The van der Waals surface area contributed by atoms with E-state index < -0.39 is 0 Å². The summed E-state index contributed by atoms with van der Waals surface area (Å²) >= 11 is 1.66. The molecule has 0 saturated heterocycles. The van der Waals surface area contributed by atoms with Gasteiger partial charge < -0.3 is 10.2 Å². The molecule has 0 aliphatic rings. The van der Waals surface area contributed by atoms with Gasteiger partial charge in [0.15, 0.2) is 0 Å². The molecule has 2 rings (SSSR count). The molecule has 0 fully saturated rings. The number of carbonyl (C=O) groups is 1. The molecule has 1 amide bonds. The summed E-state index contributed by atoms with van der Waals surface area (Å²) < 4.78 is 0. The van der Waals surface area contributed by atoms with E-state index in [0.29, 0.717) is 5.56 Å². The first-order chi connectivity index (χ1) is 9.61. The van der Waals surface area contributed by atoms with Gasteiger partial charge in [-0.3, -0.25) is 4.79 Å². The van der Waals surface area contributed by atoms with Gasteiger partial charge in [-0.15, -0.1) is 11.8 Å². The molecule has 0 saturated carbocycles. The first kappa shape index (κ1) is 14.5. The number of benzene rings is 2. The lowest BCUT2D eigenvalue weighted by molar-refractivity contribution is 0.102. The minimum absolute atomic E-state index is 0.0908. The molecule has 0 heterocycles. The summed E-state index contributed by atoms with van der Waals surface area (Å²) in [6, 6.07) is 15.4. The van der Waals surface area contributed by atoms with Crippen LogP contribution in [0.25, 0.3) is 0 Å². The van der Waals surface area contributed by atoms with Crippen LogP contribution in [0.2, 0.25) is 0 Å². The Morgan fingerprint density at radius 3 is 2.30 bits per heavy atom. The Bertz CT molecular complexity index is 594. The number of hydrogen-bond donors (Lipinski definition) is 1. The van der Waals surface area contributed by atoms with Crippen LogP contribution in [-0.4, -0.2) is 26.3 Å². The van der Waals surface area contributed by atoms with E-state index in [0.717, 1.165) is 16.3 Å². The van der Waals surface area contributed by atoms with Gasteiger partial charge in [0.1, 0.15) is 0 Å². The number of para-hydroxylation sites is 2. The van der Waals surface area contributed by atoms with Gasteiger partial charge in [-0.25, -0.2) is 0 Å². The number of rotatable bonds is 4. The predicted molar refractivity (Wildman–Crippen MR) is 86.9 cm³/mol.